The Bertz CT molecular complexity index is 427. The summed E-state index contributed by atoms with van der Waals surface area (Å²) in [6.45, 7) is 3.79. The fourth-order valence-electron chi connectivity index (χ4n) is 1.49. The van der Waals surface area contributed by atoms with Gasteiger partial charge in [0.15, 0.2) is 0 Å². The van der Waals surface area contributed by atoms with Gasteiger partial charge in [-0.1, -0.05) is 61.2 Å². The van der Waals surface area contributed by atoms with Crippen molar-refractivity contribution in [2.45, 2.75) is 0 Å². The molecule has 0 saturated carbocycles. The van der Waals surface area contributed by atoms with E-state index in [4.69, 9.17) is 0 Å². The Morgan fingerprint density at radius 1 is 1.00 bits per heavy atom. The van der Waals surface area contributed by atoms with Crippen molar-refractivity contribution in [2.75, 3.05) is 0 Å². The summed E-state index contributed by atoms with van der Waals surface area (Å²) in [7, 11) is 0. The molecule has 0 saturated heterocycles. The minimum absolute atomic E-state index is 1.05. The minimum atomic E-state index is 1.05. The fourth-order valence-corrected chi connectivity index (χ4v) is 1.49. The highest BCUT2D eigenvalue weighted by Crippen LogP contribution is 2.23. The van der Waals surface area contributed by atoms with Crippen LogP contribution in [0, 0.1) is 6.07 Å². The maximum Gasteiger partial charge on any atom is -0.00992 e. The van der Waals surface area contributed by atoms with Gasteiger partial charge >= 0.3 is 0 Å². The van der Waals surface area contributed by atoms with Crippen LogP contribution in [-0.4, -0.2) is 0 Å². The third kappa shape index (κ3) is 1.60. The highest BCUT2D eigenvalue weighted by Gasteiger charge is 1.99. The second-order valence-electron chi connectivity index (χ2n) is 3.07. The average molecular weight is 179 g/mol. The Kier molecular flexibility index (Phi) is 2.46. The van der Waals surface area contributed by atoms with Gasteiger partial charge in [0, 0.05) is 0 Å². The molecule has 0 unspecified atom stereocenters. The van der Waals surface area contributed by atoms with E-state index in [9.17, 15) is 0 Å². The molecule has 1 radical (unpaired) electrons. The van der Waals surface area contributed by atoms with Gasteiger partial charge in [-0.05, 0) is 22.8 Å². The van der Waals surface area contributed by atoms with Gasteiger partial charge in [-0.2, -0.15) is 0 Å². The van der Waals surface area contributed by atoms with Gasteiger partial charge < -0.3 is 0 Å². The Hall–Kier alpha value is -1.82. The van der Waals surface area contributed by atoms with Crippen LogP contribution < -0.4 is 0 Å². The minimum Gasteiger partial charge on any atom is -0.0984 e. The van der Waals surface area contributed by atoms with Crippen molar-refractivity contribution in [3.63, 3.8) is 0 Å². The van der Waals surface area contributed by atoms with E-state index in [1.807, 2.05) is 36.4 Å². The summed E-state index contributed by atoms with van der Waals surface area (Å²) in [4.78, 5) is 0. The van der Waals surface area contributed by atoms with Gasteiger partial charge in [0.1, 0.15) is 0 Å². The van der Waals surface area contributed by atoms with Crippen LogP contribution >= 0.6 is 0 Å². The zero-order valence-corrected chi connectivity index (χ0v) is 7.90. The summed E-state index contributed by atoms with van der Waals surface area (Å²) in [6, 6.07) is 19.4. The van der Waals surface area contributed by atoms with Crippen LogP contribution in [0.4, 0.5) is 0 Å². The largest absolute Gasteiger partial charge is 0.0984 e. The number of hydrogen-bond acceptors (Lipinski definition) is 0. The second kappa shape index (κ2) is 3.93. The van der Waals surface area contributed by atoms with E-state index in [-0.39, 0.29) is 0 Å². The molecule has 0 heterocycles. The van der Waals surface area contributed by atoms with E-state index in [1.54, 1.807) is 0 Å². The van der Waals surface area contributed by atoms with Crippen molar-refractivity contribution in [1.82, 2.24) is 0 Å². The maximum atomic E-state index is 3.79. The first-order chi connectivity index (χ1) is 6.92. The molecule has 2 aromatic carbocycles. The summed E-state index contributed by atoms with van der Waals surface area (Å²) in [5.41, 5.74) is 3.45. The second-order valence-corrected chi connectivity index (χ2v) is 3.07. The molecule has 2 rings (SSSR count). The van der Waals surface area contributed by atoms with E-state index < -0.39 is 0 Å². The first kappa shape index (κ1) is 8.76. The molecule has 0 aromatic heterocycles. The number of hydrogen-bond donors (Lipinski definition) is 0. The standard InChI is InChI=1S/C14H11/c1-2-12-8-6-7-11-14(12)13-9-4-3-5-10-13/h2-7,9-11H,1H2. The normalized spacial score (nSPS) is 9.71. The van der Waals surface area contributed by atoms with E-state index in [0.29, 0.717) is 0 Å². The Balaban J connectivity index is 2.57. The molecule has 0 amide bonds. The molecule has 0 bridgehead atoms. The fraction of sp³-hybridized carbons (Fsp3) is 0. The summed E-state index contributed by atoms with van der Waals surface area (Å²) < 4.78 is 0. The highest BCUT2D eigenvalue weighted by atomic mass is 14.0. The molecular weight excluding hydrogens is 168 g/mol. The lowest BCUT2D eigenvalue weighted by molar-refractivity contribution is 1.58. The number of rotatable bonds is 2. The Morgan fingerprint density at radius 2 is 1.79 bits per heavy atom. The van der Waals surface area contributed by atoms with Crippen molar-refractivity contribution in [2.24, 2.45) is 0 Å². The van der Waals surface area contributed by atoms with Crippen LogP contribution in [0.5, 0.6) is 0 Å². The van der Waals surface area contributed by atoms with Crippen LogP contribution in [0.15, 0.2) is 55.1 Å². The Labute approximate surface area is 84.5 Å². The van der Waals surface area contributed by atoms with Crippen molar-refractivity contribution in [3.8, 4) is 11.1 Å². The van der Waals surface area contributed by atoms with Crippen LogP contribution in [0.25, 0.3) is 17.2 Å². The molecule has 14 heavy (non-hydrogen) atoms. The summed E-state index contributed by atoms with van der Waals surface area (Å²) in [6.07, 6.45) is 1.84. The van der Waals surface area contributed by atoms with Crippen molar-refractivity contribution < 1.29 is 0 Å². The van der Waals surface area contributed by atoms with Gasteiger partial charge in [-0.3, -0.25) is 0 Å². The average Bonchev–Trinajstić information content (AvgIpc) is 2.30. The number of benzene rings is 2. The third-order valence-electron chi connectivity index (χ3n) is 2.18. The molecular formula is C14H11. The van der Waals surface area contributed by atoms with Crippen LogP contribution in [0.3, 0.4) is 0 Å². The third-order valence-corrected chi connectivity index (χ3v) is 2.18. The van der Waals surface area contributed by atoms with Crippen molar-refractivity contribution in [3.05, 3.63) is 66.7 Å². The highest BCUT2D eigenvalue weighted by molar-refractivity contribution is 5.74. The van der Waals surface area contributed by atoms with Crippen molar-refractivity contribution in [1.29, 1.82) is 0 Å². The van der Waals surface area contributed by atoms with Crippen molar-refractivity contribution >= 4 is 6.08 Å². The Morgan fingerprint density at radius 3 is 2.50 bits per heavy atom. The molecule has 0 fully saturated rings. The van der Waals surface area contributed by atoms with Crippen LogP contribution in [0.1, 0.15) is 5.56 Å². The van der Waals surface area contributed by atoms with Gasteiger partial charge in [0.05, 0.1) is 0 Å². The molecule has 0 N–H and O–H groups in total. The molecule has 2 aromatic rings. The van der Waals surface area contributed by atoms with Gasteiger partial charge in [0.2, 0.25) is 0 Å². The lowest BCUT2D eigenvalue weighted by Gasteiger charge is -2.04. The molecule has 0 nitrogen and oxygen atoms in total. The predicted octanol–water partition coefficient (Wildman–Crippen LogP) is 3.80. The molecule has 0 spiro atoms. The van der Waals surface area contributed by atoms with E-state index in [1.165, 1.54) is 11.1 Å². The quantitative estimate of drug-likeness (QED) is 0.657. The van der Waals surface area contributed by atoms with E-state index in [0.717, 1.165) is 5.56 Å². The summed E-state index contributed by atoms with van der Waals surface area (Å²) in [5.74, 6) is 0. The smallest absolute Gasteiger partial charge is 0.00992 e. The van der Waals surface area contributed by atoms with Crippen LogP contribution in [-0.2, 0) is 0 Å². The molecule has 0 aliphatic heterocycles. The van der Waals surface area contributed by atoms with Crippen LogP contribution in [0.2, 0.25) is 0 Å². The first-order valence-corrected chi connectivity index (χ1v) is 4.60. The molecule has 0 heteroatoms. The van der Waals surface area contributed by atoms with Gasteiger partial charge in [-0.15, -0.1) is 0 Å². The SMILES string of the molecule is C=Cc1[c]cccc1-c1ccccc1. The van der Waals surface area contributed by atoms with E-state index in [2.05, 4.69) is 30.8 Å². The zero-order chi connectivity index (χ0) is 9.80. The first-order valence-electron chi connectivity index (χ1n) is 4.60. The van der Waals surface area contributed by atoms with E-state index >= 15 is 0 Å². The molecule has 0 aliphatic rings. The van der Waals surface area contributed by atoms with Gasteiger partial charge in [-0.25, -0.2) is 0 Å². The maximum absolute atomic E-state index is 3.79. The lowest BCUT2D eigenvalue weighted by Crippen LogP contribution is -1.81. The van der Waals surface area contributed by atoms with Gasteiger partial charge in [0.25, 0.3) is 0 Å². The summed E-state index contributed by atoms with van der Waals surface area (Å²) >= 11 is 0. The topological polar surface area (TPSA) is 0 Å². The monoisotopic (exact) mass is 179 g/mol. The molecule has 0 aliphatic carbocycles. The lowest BCUT2D eigenvalue weighted by atomic mass is 10.00. The zero-order valence-electron chi connectivity index (χ0n) is 7.90. The molecule has 67 valence electrons. The molecule has 0 atom stereocenters. The predicted molar refractivity (Wildman–Crippen MR) is 60.8 cm³/mol. The summed E-state index contributed by atoms with van der Waals surface area (Å²) in [5, 5.41) is 0.